The van der Waals surface area contributed by atoms with Gasteiger partial charge in [0.2, 0.25) is 0 Å². The van der Waals surface area contributed by atoms with Crippen LogP contribution in [0.1, 0.15) is 26.7 Å². The number of hydrazone groups is 1. The lowest BCUT2D eigenvalue weighted by molar-refractivity contribution is -0.148. The Bertz CT molecular complexity index is 391. The molecule has 2 N–H and O–H groups in total. The van der Waals surface area contributed by atoms with Crippen LogP contribution in [0.5, 0.6) is 0 Å². The smallest absolute Gasteiger partial charge is 0.328 e. The van der Waals surface area contributed by atoms with E-state index in [2.05, 4.69) is 5.10 Å². The van der Waals surface area contributed by atoms with Gasteiger partial charge in [0.05, 0.1) is 5.71 Å². The minimum Gasteiger partial charge on any atom is -0.480 e. The molecular formula is C14H25N3O3. The van der Waals surface area contributed by atoms with Crippen molar-refractivity contribution in [1.82, 2.24) is 9.91 Å². The summed E-state index contributed by atoms with van der Waals surface area (Å²) in [6, 6.07) is -0.802. The highest BCUT2D eigenvalue weighted by Gasteiger charge is 2.31. The highest BCUT2D eigenvalue weighted by Crippen LogP contribution is 2.18. The normalized spacial score (nSPS) is 20.4. The van der Waals surface area contributed by atoms with Crippen LogP contribution >= 0.6 is 0 Å². The minimum atomic E-state index is -0.974. The van der Waals surface area contributed by atoms with Gasteiger partial charge in [-0.05, 0) is 38.6 Å². The standard InChI is InChI=1S/C14H25N3O3/c1-10(2)9-12(14(19)20)17-13(18)6-5-11(15-17)7-8-16(3)4/h5-6,10,12-13,18H,7-9H2,1-4H3,(H,19,20)/t12-,13?/m0/s1. The van der Waals surface area contributed by atoms with Crippen LogP contribution in [0.3, 0.4) is 0 Å². The van der Waals surface area contributed by atoms with Gasteiger partial charge in [-0.3, -0.25) is 5.01 Å². The molecule has 1 rings (SSSR count). The zero-order valence-corrected chi connectivity index (χ0v) is 12.7. The first-order chi connectivity index (χ1) is 9.31. The summed E-state index contributed by atoms with van der Waals surface area (Å²) < 4.78 is 0. The molecule has 0 radical (unpaired) electrons. The first kappa shape index (κ1) is 16.7. The number of carboxylic acid groups (broad SMARTS) is 1. The van der Waals surface area contributed by atoms with Crippen LogP contribution in [0.15, 0.2) is 17.3 Å². The van der Waals surface area contributed by atoms with Gasteiger partial charge in [0.1, 0.15) is 6.04 Å². The van der Waals surface area contributed by atoms with Crippen molar-refractivity contribution < 1.29 is 15.0 Å². The first-order valence-electron chi connectivity index (χ1n) is 6.91. The van der Waals surface area contributed by atoms with E-state index >= 15 is 0 Å². The van der Waals surface area contributed by atoms with Crippen LogP contribution < -0.4 is 0 Å². The fraction of sp³-hybridized carbons (Fsp3) is 0.714. The zero-order valence-electron chi connectivity index (χ0n) is 12.7. The molecule has 0 aromatic heterocycles. The maximum Gasteiger partial charge on any atom is 0.328 e. The van der Waals surface area contributed by atoms with Gasteiger partial charge < -0.3 is 15.1 Å². The van der Waals surface area contributed by atoms with E-state index < -0.39 is 18.2 Å². The second-order valence-electron chi connectivity index (χ2n) is 5.78. The van der Waals surface area contributed by atoms with E-state index in [1.807, 2.05) is 32.8 Å². The number of carbonyl (C=O) groups is 1. The molecule has 114 valence electrons. The molecule has 20 heavy (non-hydrogen) atoms. The van der Waals surface area contributed by atoms with Gasteiger partial charge in [0.15, 0.2) is 6.23 Å². The molecule has 0 amide bonds. The summed E-state index contributed by atoms with van der Waals surface area (Å²) in [4.78, 5) is 13.4. The van der Waals surface area contributed by atoms with Crippen molar-refractivity contribution in [3.8, 4) is 0 Å². The summed E-state index contributed by atoms with van der Waals surface area (Å²) in [5, 5.41) is 24.9. The van der Waals surface area contributed by atoms with Crippen LogP contribution in [0, 0.1) is 5.92 Å². The largest absolute Gasteiger partial charge is 0.480 e. The molecular weight excluding hydrogens is 258 g/mol. The molecule has 1 heterocycles. The average Bonchev–Trinajstić information content (AvgIpc) is 2.34. The van der Waals surface area contributed by atoms with E-state index in [-0.39, 0.29) is 5.92 Å². The summed E-state index contributed by atoms with van der Waals surface area (Å²) in [5.74, 6) is -0.738. The van der Waals surface area contributed by atoms with Gasteiger partial charge in [0, 0.05) is 13.0 Å². The number of aliphatic carboxylic acids is 1. The van der Waals surface area contributed by atoms with Crippen molar-refractivity contribution in [1.29, 1.82) is 0 Å². The summed E-state index contributed by atoms with van der Waals surface area (Å²) in [6.45, 7) is 4.74. The van der Waals surface area contributed by atoms with E-state index in [4.69, 9.17) is 0 Å². The number of carboxylic acids is 1. The lowest BCUT2D eigenvalue weighted by atomic mass is 10.0. The highest BCUT2D eigenvalue weighted by atomic mass is 16.4. The van der Waals surface area contributed by atoms with Crippen LogP contribution in [0.2, 0.25) is 0 Å². The van der Waals surface area contributed by atoms with Crippen LogP contribution in [0.4, 0.5) is 0 Å². The third-order valence-corrected chi connectivity index (χ3v) is 3.09. The quantitative estimate of drug-likeness (QED) is 0.728. The third kappa shape index (κ3) is 4.94. The lowest BCUT2D eigenvalue weighted by Crippen LogP contribution is -2.46. The number of allylic oxidation sites excluding steroid dienone is 1. The van der Waals surface area contributed by atoms with E-state index in [9.17, 15) is 15.0 Å². The number of rotatable bonds is 7. The second-order valence-corrected chi connectivity index (χ2v) is 5.78. The maximum atomic E-state index is 11.4. The molecule has 6 nitrogen and oxygen atoms in total. The zero-order chi connectivity index (χ0) is 15.3. The van der Waals surface area contributed by atoms with E-state index in [0.717, 1.165) is 18.7 Å². The number of hydrogen-bond donors (Lipinski definition) is 2. The molecule has 0 bridgehead atoms. The van der Waals surface area contributed by atoms with Crippen molar-refractivity contribution in [2.24, 2.45) is 11.0 Å². The molecule has 1 aliphatic rings. The molecule has 6 heteroatoms. The summed E-state index contributed by atoms with van der Waals surface area (Å²) in [7, 11) is 3.94. The summed E-state index contributed by atoms with van der Waals surface area (Å²) in [6.07, 6.45) is 3.55. The predicted octanol–water partition coefficient (Wildman–Crippen LogP) is 0.984. The van der Waals surface area contributed by atoms with Crippen LogP contribution in [0.25, 0.3) is 0 Å². The molecule has 0 aromatic carbocycles. The van der Waals surface area contributed by atoms with Crippen LogP contribution in [-0.4, -0.2) is 64.7 Å². The Balaban J connectivity index is 2.83. The molecule has 0 aliphatic carbocycles. The number of aliphatic hydroxyl groups is 1. The van der Waals surface area contributed by atoms with Gasteiger partial charge in [-0.15, -0.1) is 0 Å². The molecule has 0 fully saturated rings. The Morgan fingerprint density at radius 3 is 2.65 bits per heavy atom. The number of hydrogen-bond acceptors (Lipinski definition) is 5. The molecule has 0 aromatic rings. The average molecular weight is 283 g/mol. The van der Waals surface area contributed by atoms with E-state index in [0.29, 0.717) is 6.42 Å². The van der Waals surface area contributed by atoms with Crippen molar-refractivity contribution in [2.75, 3.05) is 20.6 Å². The van der Waals surface area contributed by atoms with Gasteiger partial charge in [-0.2, -0.15) is 5.10 Å². The van der Waals surface area contributed by atoms with Gasteiger partial charge in [0.25, 0.3) is 0 Å². The van der Waals surface area contributed by atoms with Gasteiger partial charge >= 0.3 is 5.97 Å². The fourth-order valence-corrected chi connectivity index (χ4v) is 2.02. The molecule has 0 spiro atoms. The number of aliphatic hydroxyl groups excluding tert-OH is 1. The molecule has 0 saturated heterocycles. The monoisotopic (exact) mass is 283 g/mol. The predicted molar refractivity (Wildman–Crippen MR) is 78.5 cm³/mol. The first-order valence-corrected chi connectivity index (χ1v) is 6.91. The second kappa shape index (κ2) is 7.40. The molecule has 2 atom stereocenters. The lowest BCUT2D eigenvalue weighted by Gasteiger charge is -2.32. The number of nitrogens with zero attached hydrogens (tertiary/aromatic N) is 3. The van der Waals surface area contributed by atoms with Gasteiger partial charge in [-0.1, -0.05) is 13.8 Å². The van der Waals surface area contributed by atoms with Crippen molar-refractivity contribution >= 4 is 11.7 Å². The minimum absolute atomic E-state index is 0.217. The third-order valence-electron chi connectivity index (χ3n) is 3.09. The Labute approximate surface area is 120 Å². The van der Waals surface area contributed by atoms with E-state index in [1.165, 1.54) is 5.01 Å². The Morgan fingerprint density at radius 2 is 2.15 bits per heavy atom. The summed E-state index contributed by atoms with van der Waals surface area (Å²) in [5.41, 5.74) is 0.791. The van der Waals surface area contributed by atoms with Crippen molar-refractivity contribution in [3.05, 3.63) is 12.2 Å². The Kier molecular flexibility index (Phi) is 6.16. The van der Waals surface area contributed by atoms with Crippen LogP contribution in [-0.2, 0) is 4.79 Å². The topological polar surface area (TPSA) is 76.4 Å². The fourth-order valence-electron chi connectivity index (χ4n) is 2.02. The molecule has 0 saturated carbocycles. The van der Waals surface area contributed by atoms with E-state index in [1.54, 1.807) is 12.2 Å². The Hall–Kier alpha value is -1.40. The maximum absolute atomic E-state index is 11.4. The highest BCUT2D eigenvalue weighted by molar-refractivity contribution is 5.95. The van der Waals surface area contributed by atoms with Crippen molar-refractivity contribution in [2.45, 2.75) is 39.0 Å². The van der Waals surface area contributed by atoms with Gasteiger partial charge in [-0.25, -0.2) is 4.79 Å². The SMILES string of the molecule is CC(C)C[C@@H](C(=O)O)N1N=C(CCN(C)C)C=CC1O. The molecule has 1 unspecified atom stereocenters. The van der Waals surface area contributed by atoms with Crippen molar-refractivity contribution in [3.63, 3.8) is 0 Å². The Morgan fingerprint density at radius 1 is 1.50 bits per heavy atom. The summed E-state index contributed by atoms with van der Waals surface area (Å²) >= 11 is 0. The molecule has 1 aliphatic heterocycles.